The topological polar surface area (TPSA) is 103 Å². The summed E-state index contributed by atoms with van der Waals surface area (Å²) >= 11 is 0. The molecule has 1 aliphatic rings. The van der Waals surface area contributed by atoms with Crippen LogP contribution in [0.4, 0.5) is 0 Å². The largest absolute Gasteiger partial charge is 0.508 e. The van der Waals surface area contributed by atoms with Crippen molar-refractivity contribution in [1.29, 1.82) is 5.26 Å². The molecule has 134 valence electrons. The maximum Gasteiger partial charge on any atom is 0.260 e. The molecule has 1 saturated heterocycles. The molecule has 0 spiro atoms. The average molecular weight is 345 g/mol. The Morgan fingerprint density at radius 1 is 1.36 bits per heavy atom. The smallest absolute Gasteiger partial charge is 0.260 e. The van der Waals surface area contributed by atoms with E-state index in [0.717, 1.165) is 12.8 Å². The number of ether oxygens (including phenoxy) is 1. The van der Waals surface area contributed by atoms with Crippen LogP contribution in [-0.2, 0) is 9.59 Å². The summed E-state index contributed by atoms with van der Waals surface area (Å²) in [6, 6.07) is 8.09. The summed E-state index contributed by atoms with van der Waals surface area (Å²) in [6.07, 6.45) is 0.907. The fourth-order valence-electron chi connectivity index (χ4n) is 2.74. The molecule has 0 aliphatic carbocycles. The van der Waals surface area contributed by atoms with Crippen molar-refractivity contribution in [3.05, 3.63) is 24.3 Å². The molecule has 0 aromatic heterocycles. The van der Waals surface area contributed by atoms with Crippen LogP contribution in [0.2, 0.25) is 0 Å². The summed E-state index contributed by atoms with van der Waals surface area (Å²) in [5.41, 5.74) is 0. The third-order valence-corrected chi connectivity index (χ3v) is 4.28. The molecule has 2 N–H and O–H groups in total. The Morgan fingerprint density at radius 2 is 2.00 bits per heavy atom. The number of benzene rings is 1. The third kappa shape index (κ3) is 5.68. The van der Waals surface area contributed by atoms with E-state index in [1.165, 1.54) is 12.1 Å². The molecule has 2 rings (SSSR count). The summed E-state index contributed by atoms with van der Waals surface area (Å²) in [5, 5.41) is 20.7. The second-order valence-electron chi connectivity index (χ2n) is 6.16. The van der Waals surface area contributed by atoms with Gasteiger partial charge in [-0.3, -0.25) is 9.59 Å². The van der Waals surface area contributed by atoms with Crippen molar-refractivity contribution in [2.24, 2.45) is 5.92 Å². The van der Waals surface area contributed by atoms with E-state index in [1.807, 2.05) is 6.07 Å². The third-order valence-electron chi connectivity index (χ3n) is 4.28. The zero-order chi connectivity index (χ0) is 18.2. The number of likely N-dealkylation sites (tertiary alicyclic amines) is 1. The normalized spacial score (nSPS) is 15.9. The maximum absolute atomic E-state index is 12.1. The van der Waals surface area contributed by atoms with Gasteiger partial charge in [0.25, 0.3) is 5.91 Å². The van der Waals surface area contributed by atoms with Crippen LogP contribution in [0.1, 0.15) is 26.2 Å². The fourth-order valence-corrected chi connectivity index (χ4v) is 2.74. The lowest BCUT2D eigenvalue weighted by Gasteiger charge is -2.31. The lowest BCUT2D eigenvalue weighted by atomic mass is 9.96. The van der Waals surface area contributed by atoms with Crippen LogP contribution >= 0.6 is 0 Å². The van der Waals surface area contributed by atoms with Gasteiger partial charge in [-0.2, -0.15) is 5.26 Å². The molecule has 1 unspecified atom stereocenters. The number of aromatic hydroxyl groups is 1. The first-order valence-corrected chi connectivity index (χ1v) is 8.37. The number of amides is 2. The van der Waals surface area contributed by atoms with E-state index in [-0.39, 0.29) is 24.0 Å². The molecule has 1 heterocycles. The first-order chi connectivity index (χ1) is 12.0. The number of nitriles is 1. The van der Waals surface area contributed by atoms with Gasteiger partial charge >= 0.3 is 0 Å². The lowest BCUT2D eigenvalue weighted by Crippen LogP contribution is -2.43. The molecule has 1 atom stereocenters. The second kappa shape index (κ2) is 8.92. The summed E-state index contributed by atoms with van der Waals surface area (Å²) in [4.78, 5) is 25.5. The standard InChI is InChI=1S/C18H23N3O4/c1-13(25-16-4-2-15(22)3-5-16)18(24)20-12-14-7-10-21(11-8-14)17(23)6-9-19/h2-5,13-14,22H,6-8,10-12H2,1H3,(H,20,24). The van der Waals surface area contributed by atoms with Crippen LogP contribution in [0, 0.1) is 17.2 Å². The number of piperidine rings is 1. The van der Waals surface area contributed by atoms with Gasteiger partial charge in [0.1, 0.15) is 17.9 Å². The molecular weight excluding hydrogens is 322 g/mol. The predicted octanol–water partition coefficient (Wildman–Crippen LogP) is 1.43. The highest BCUT2D eigenvalue weighted by Crippen LogP contribution is 2.18. The van der Waals surface area contributed by atoms with E-state index >= 15 is 0 Å². The highest BCUT2D eigenvalue weighted by atomic mass is 16.5. The van der Waals surface area contributed by atoms with Crippen LogP contribution < -0.4 is 10.1 Å². The second-order valence-corrected chi connectivity index (χ2v) is 6.16. The van der Waals surface area contributed by atoms with Crippen LogP contribution in [-0.4, -0.2) is 47.6 Å². The number of hydrogen-bond acceptors (Lipinski definition) is 5. The Morgan fingerprint density at radius 3 is 2.60 bits per heavy atom. The highest BCUT2D eigenvalue weighted by molar-refractivity contribution is 5.80. The van der Waals surface area contributed by atoms with Crippen LogP contribution in [0.15, 0.2) is 24.3 Å². The Kier molecular flexibility index (Phi) is 6.63. The van der Waals surface area contributed by atoms with E-state index < -0.39 is 6.10 Å². The molecule has 7 heteroatoms. The lowest BCUT2D eigenvalue weighted by molar-refractivity contribution is -0.132. The van der Waals surface area contributed by atoms with Crippen molar-refractivity contribution in [2.45, 2.75) is 32.3 Å². The molecule has 0 saturated carbocycles. The summed E-state index contributed by atoms with van der Waals surface area (Å²) in [6.45, 7) is 3.47. The fraction of sp³-hybridized carbons (Fsp3) is 0.500. The van der Waals surface area contributed by atoms with Gasteiger partial charge in [0.05, 0.1) is 6.07 Å². The van der Waals surface area contributed by atoms with Gasteiger partial charge in [-0.1, -0.05) is 0 Å². The van der Waals surface area contributed by atoms with Gasteiger partial charge in [-0.25, -0.2) is 0 Å². The van der Waals surface area contributed by atoms with E-state index in [2.05, 4.69) is 5.32 Å². The minimum absolute atomic E-state index is 0.0759. The zero-order valence-corrected chi connectivity index (χ0v) is 14.3. The maximum atomic E-state index is 12.1. The van der Waals surface area contributed by atoms with E-state index in [1.54, 1.807) is 24.0 Å². The average Bonchev–Trinajstić information content (AvgIpc) is 2.62. The Labute approximate surface area is 147 Å². The molecular formula is C18H23N3O4. The highest BCUT2D eigenvalue weighted by Gasteiger charge is 2.23. The van der Waals surface area contributed by atoms with Crippen molar-refractivity contribution in [1.82, 2.24) is 10.2 Å². The Bertz CT molecular complexity index is 631. The number of nitrogens with zero attached hydrogens (tertiary/aromatic N) is 2. The first kappa shape index (κ1) is 18.6. The van der Waals surface area contributed by atoms with E-state index in [9.17, 15) is 14.7 Å². The van der Waals surface area contributed by atoms with E-state index in [4.69, 9.17) is 10.00 Å². The predicted molar refractivity (Wildman–Crippen MR) is 90.7 cm³/mol. The van der Waals surface area contributed by atoms with Crippen molar-refractivity contribution in [3.8, 4) is 17.6 Å². The summed E-state index contributed by atoms with van der Waals surface area (Å²) in [5.74, 6) is 0.654. The number of nitrogens with one attached hydrogen (secondary N) is 1. The van der Waals surface area contributed by atoms with Crippen molar-refractivity contribution < 1.29 is 19.4 Å². The SMILES string of the molecule is CC(Oc1ccc(O)cc1)C(=O)NCC1CCN(C(=O)CC#N)CC1. The molecule has 0 radical (unpaired) electrons. The summed E-state index contributed by atoms with van der Waals surface area (Å²) < 4.78 is 5.54. The van der Waals surface area contributed by atoms with Gasteiger partial charge in [0, 0.05) is 19.6 Å². The number of carbonyl (C=O) groups is 2. The van der Waals surface area contributed by atoms with Gasteiger partial charge in [0.15, 0.2) is 6.10 Å². The number of rotatable bonds is 6. The van der Waals surface area contributed by atoms with E-state index in [0.29, 0.717) is 31.3 Å². The molecule has 25 heavy (non-hydrogen) atoms. The molecule has 2 amide bonds. The first-order valence-electron chi connectivity index (χ1n) is 8.37. The van der Waals surface area contributed by atoms with Crippen LogP contribution in [0.3, 0.4) is 0 Å². The van der Waals surface area contributed by atoms with Gasteiger partial charge in [-0.05, 0) is 49.9 Å². The number of carbonyl (C=O) groups excluding carboxylic acids is 2. The van der Waals surface area contributed by atoms with Gasteiger partial charge in [0.2, 0.25) is 5.91 Å². The van der Waals surface area contributed by atoms with Gasteiger partial charge < -0.3 is 20.1 Å². The minimum atomic E-state index is -0.637. The molecule has 7 nitrogen and oxygen atoms in total. The van der Waals surface area contributed by atoms with Crippen molar-refractivity contribution in [3.63, 3.8) is 0 Å². The van der Waals surface area contributed by atoms with Crippen molar-refractivity contribution >= 4 is 11.8 Å². The van der Waals surface area contributed by atoms with Crippen molar-refractivity contribution in [2.75, 3.05) is 19.6 Å². The summed E-state index contributed by atoms with van der Waals surface area (Å²) in [7, 11) is 0. The zero-order valence-electron chi connectivity index (χ0n) is 14.3. The number of phenols is 1. The molecule has 1 aromatic rings. The Balaban J connectivity index is 1.70. The molecule has 1 fully saturated rings. The number of hydrogen-bond donors (Lipinski definition) is 2. The van der Waals surface area contributed by atoms with Gasteiger partial charge in [-0.15, -0.1) is 0 Å². The Hall–Kier alpha value is -2.75. The number of phenolic OH excluding ortho intramolecular Hbond substituents is 1. The minimum Gasteiger partial charge on any atom is -0.508 e. The monoisotopic (exact) mass is 345 g/mol. The molecule has 1 aliphatic heterocycles. The van der Waals surface area contributed by atoms with Crippen LogP contribution in [0.5, 0.6) is 11.5 Å². The quantitative estimate of drug-likeness (QED) is 0.812. The van der Waals surface area contributed by atoms with Crippen LogP contribution in [0.25, 0.3) is 0 Å². The molecule has 1 aromatic carbocycles. The molecule has 0 bridgehead atoms.